The van der Waals surface area contributed by atoms with E-state index in [0.29, 0.717) is 12.2 Å². The maximum atomic E-state index is 12.3. The number of methoxy groups -OCH3 is 1. The van der Waals surface area contributed by atoms with Gasteiger partial charge in [0.1, 0.15) is 5.82 Å². The van der Waals surface area contributed by atoms with Crippen LogP contribution in [0, 0.1) is 6.92 Å². The van der Waals surface area contributed by atoms with Crippen LogP contribution in [0.5, 0.6) is 11.5 Å². The second-order valence-electron chi connectivity index (χ2n) is 5.66. The Hall–Kier alpha value is -2.77. The summed E-state index contributed by atoms with van der Waals surface area (Å²) >= 11 is 0. The lowest BCUT2D eigenvalue weighted by Crippen LogP contribution is -2.19. The average molecular weight is 368 g/mol. The van der Waals surface area contributed by atoms with E-state index >= 15 is 0 Å². The summed E-state index contributed by atoms with van der Waals surface area (Å²) in [6.45, 7) is 0.503. The fourth-order valence-corrected chi connectivity index (χ4v) is 2.15. The van der Waals surface area contributed by atoms with Crippen LogP contribution in [0.1, 0.15) is 17.5 Å². The highest BCUT2D eigenvalue weighted by Gasteiger charge is 2.29. The largest absolute Gasteiger partial charge is 0.493 e. The van der Waals surface area contributed by atoms with E-state index < -0.39 is 12.8 Å². The molecule has 1 N–H and O–H groups in total. The van der Waals surface area contributed by atoms with Gasteiger partial charge in [0.05, 0.1) is 7.11 Å². The predicted molar refractivity (Wildman–Crippen MR) is 90.5 cm³/mol. The molecule has 1 aromatic carbocycles. The van der Waals surface area contributed by atoms with Crippen LogP contribution in [0.25, 0.3) is 0 Å². The van der Waals surface area contributed by atoms with Crippen LogP contribution in [-0.4, -0.2) is 30.8 Å². The van der Waals surface area contributed by atoms with Gasteiger partial charge in [0.15, 0.2) is 18.1 Å². The first-order valence-corrected chi connectivity index (χ1v) is 7.86. The molecule has 1 aromatic heterocycles. The highest BCUT2D eigenvalue weighted by molar-refractivity contribution is 5.89. The Morgan fingerprint density at radius 2 is 1.96 bits per heavy atom. The standard InChI is InChI=1S/C18H19F3N2O3/c1-12-3-7-16(22-10-12)23-17(24)8-5-13-4-6-14(15(9-13)25-2)26-11-18(19,20)21/h3-4,6-7,9-10H,5,8,11H2,1-2H3,(H,22,23,24). The first-order valence-electron chi connectivity index (χ1n) is 7.86. The zero-order chi connectivity index (χ0) is 19.2. The van der Waals surface area contributed by atoms with Gasteiger partial charge in [0.25, 0.3) is 0 Å². The normalized spacial score (nSPS) is 11.1. The van der Waals surface area contributed by atoms with E-state index in [9.17, 15) is 18.0 Å². The number of alkyl halides is 3. The molecule has 0 spiro atoms. The van der Waals surface area contributed by atoms with Crippen molar-refractivity contribution in [2.75, 3.05) is 19.0 Å². The monoisotopic (exact) mass is 368 g/mol. The van der Waals surface area contributed by atoms with Gasteiger partial charge in [-0.15, -0.1) is 0 Å². The first kappa shape index (κ1) is 19.6. The van der Waals surface area contributed by atoms with Crippen molar-refractivity contribution in [3.63, 3.8) is 0 Å². The van der Waals surface area contributed by atoms with Crippen LogP contribution in [0.15, 0.2) is 36.5 Å². The van der Waals surface area contributed by atoms with Crippen LogP contribution in [0.4, 0.5) is 19.0 Å². The number of ether oxygens (including phenoxy) is 2. The number of hydrogen-bond acceptors (Lipinski definition) is 4. The van der Waals surface area contributed by atoms with E-state index in [4.69, 9.17) is 9.47 Å². The van der Waals surface area contributed by atoms with Gasteiger partial charge in [0, 0.05) is 12.6 Å². The number of aryl methyl sites for hydroxylation is 2. The molecule has 1 heterocycles. The highest BCUT2D eigenvalue weighted by Crippen LogP contribution is 2.30. The summed E-state index contributed by atoms with van der Waals surface area (Å²) < 4.78 is 46.5. The number of hydrogen-bond donors (Lipinski definition) is 1. The Labute approximate surface area is 149 Å². The number of carbonyl (C=O) groups excluding carboxylic acids is 1. The summed E-state index contributed by atoms with van der Waals surface area (Å²) in [5.41, 5.74) is 1.73. The number of nitrogens with zero attached hydrogens (tertiary/aromatic N) is 1. The molecule has 0 saturated heterocycles. The van der Waals surface area contributed by atoms with Crippen molar-refractivity contribution in [2.24, 2.45) is 0 Å². The number of aromatic nitrogens is 1. The summed E-state index contributed by atoms with van der Waals surface area (Å²) in [5, 5.41) is 2.69. The van der Waals surface area contributed by atoms with Crippen molar-refractivity contribution >= 4 is 11.7 Å². The fraction of sp³-hybridized carbons (Fsp3) is 0.333. The summed E-state index contributed by atoms with van der Waals surface area (Å²) in [4.78, 5) is 16.1. The van der Waals surface area contributed by atoms with E-state index in [1.807, 2.05) is 13.0 Å². The fourth-order valence-electron chi connectivity index (χ4n) is 2.15. The molecule has 0 fully saturated rings. The quantitative estimate of drug-likeness (QED) is 0.805. The molecular weight excluding hydrogens is 349 g/mol. The summed E-state index contributed by atoms with van der Waals surface area (Å²) in [7, 11) is 1.34. The number of pyridine rings is 1. The minimum absolute atomic E-state index is 0.00174. The lowest BCUT2D eigenvalue weighted by atomic mass is 10.1. The predicted octanol–water partition coefficient (Wildman–Crippen LogP) is 3.91. The van der Waals surface area contributed by atoms with Gasteiger partial charge < -0.3 is 14.8 Å². The number of nitrogens with one attached hydrogen (secondary N) is 1. The molecule has 0 aliphatic rings. The van der Waals surface area contributed by atoms with Gasteiger partial charge in [-0.25, -0.2) is 4.98 Å². The van der Waals surface area contributed by atoms with Crippen molar-refractivity contribution in [3.05, 3.63) is 47.7 Å². The zero-order valence-electron chi connectivity index (χ0n) is 14.4. The molecule has 0 bridgehead atoms. The topological polar surface area (TPSA) is 60.5 Å². The number of carbonyl (C=O) groups is 1. The summed E-state index contributed by atoms with van der Waals surface area (Å²) in [5.74, 6) is 0.445. The van der Waals surface area contributed by atoms with Crippen LogP contribution < -0.4 is 14.8 Å². The molecule has 140 valence electrons. The SMILES string of the molecule is COc1cc(CCC(=O)Nc2ccc(C)cn2)ccc1OCC(F)(F)F. The van der Waals surface area contributed by atoms with E-state index in [1.165, 1.54) is 13.2 Å². The van der Waals surface area contributed by atoms with Crippen molar-refractivity contribution in [1.29, 1.82) is 0 Å². The van der Waals surface area contributed by atoms with Gasteiger partial charge in [-0.2, -0.15) is 13.2 Å². The minimum Gasteiger partial charge on any atom is -0.493 e. The third-order valence-corrected chi connectivity index (χ3v) is 3.44. The average Bonchev–Trinajstić information content (AvgIpc) is 2.59. The van der Waals surface area contributed by atoms with E-state index in [0.717, 1.165) is 11.1 Å². The highest BCUT2D eigenvalue weighted by atomic mass is 19.4. The lowest BCUT2D eigenvalue weighted by Gasteiger charge is -2.13. The molecule has 1 amide bonds. The molecule has 0 saturated carbocycles. The maximum absolute atomic E-state index is 12.3. The molecular formula is C18H19F3N2O3. The summed E-state index contributed by atoms with van der Waals surface area (Å²) in [6.07, 6.45) is -2.18. The number of benzene rings is 1. The van der Waals surface area contributed by atoms with Crippen molar-refractivity contribution in [3.8, 4) is 11.5 Å². The van der Waals surface area contributed by atoms with Crippen LogP contribution >= 0.6 is 0 Å². The lowest BCUT2D eigenvalue weighted by molar-refractivity contribution is -0.153. The Morgan fingerprint density at radius 3 is 2.58 bits per heavy atom. The van der Waals surface area contributed by atoms with Gasteiger partial charge in [-0.3, -0.25) is 4.79 Å². The molecule has 2 rings (SSSR count). The maximum Gasteiger partial charge on any atom is 0.422 e. The van der Waals surface area contributed by atoms with E-state index in [2.05, 4.69) is 10.3 Å². The number of rotatable bonds is 7. The molecule has 8 heteroatoms. The Morgan fingerprint density at radius 1 is 1.19 bits per heavy atom. The second-order valence-corrected chi connectivity index (χ2v) is 5.66. The van der Waals surface area contributed by atoms with Crippen LogP contribution in [0.2, 0.25) is 0 Å². The van der Waals surface area contributed by atoms with Gasteiger partial charge >= 0.3 is 6.18 Å². The Bertz CT molecular complexity index is 746. The van der Waals surface area contributed by atoms with Gasteiger partial charge in [-0.1, -0.05) is 12.1 Å². The second kappa shape index (κ2) is 8.55. The van der Waals surface area contributed by atoms with Crippen molar-refractivity contribution < 1.29 is 27.4 Å². The Kier molecular flexibility index (Phi) is 6.43. The molecule has 0 aliphatic carbocycles. The third-order valence-electron chi connectivity index (χ3n) is 3.44. The van der Waals surface area contributed by atoms with Gasteiger partial charge in [0.2, 0.25) is 5.91 Å². The van der Waals surface area contributed by atoms with Crippen molar-refractivity contribution in [1.82, 2.24) is 4.98 Å². The molecule has 0 radical (unpaired) electrons. The molecule has 0 atom stereocenters. The van der Waals surface area contributed by atoms with E-state index in [-0.39, 0.29) is 23.8 Å². The third kappa shape index (κ3) is 6.27. The molecule has 2 aromatic rings. The minimum atomic E-state index is -4.42. The first-order chi connectivity index (χ1) is 12.3. The number of amides is 1. The van der Waals surface area contributed by atoms with Crippen LogP contribution in [-0.2, 0) is 11.2 Å². The number of halogens is 3. The number of anilines is 1. The van der Waals surface area contributed by atoms with E-state index in [1.54, 1.807) is 24.4 Å². The van der Waals surface area contributed by atoms with Crippen LogP contribution in [0.3, 0.4) is 0 Å². The smallest absolute Gasteiger partial charge is 0.422 e. The molecule has 5 nitrogen and oxygen atoms in total. The van der Waals surface area contributed by atoms with Gasteiger partial charge in [-0.05, 0) is 42.7 Å². The molecule has 0 unspecified atom stereocenters. The molecule has 0 aliphatic heterocycles. The summed E-state index contributed by atoms with van der Waals surface area (Å²) in [6, 6.07) is 8.12. The Balaban J connectivity index is 1.92. The molecule has 26 heavy (non-hydrogen) atoms. The van der Waals surface area contributed by atoms with Crippen molar-refractivity contribution in [2.45, 2.75) is 25.9 Å². The zero-order valence-corrected chi connectivity index (χ0v) is 14.4.